The van der Waals surface area contributed by atoms with Crippen LogP contribution in [0.3, 0.4) is 0 Å². The van der Waals surface area contributed by atoms with E-state index in [1.54, 1.807) is 0 Å². The van der Waals surface area contributed by atoms with E-state index in [9.17, 15) is 8.78 Å². The van der Waals surface area contributed by atoms with Crippen LogP contribution in [0.5, 0.6) is 0 Å². The Kier molecular flexibility index (Phi) is 3.84. The quantitative estimate of drug-likeness (QED) is 0.765. The van der Waals surface area contributed by atoms with Crippen molar-refractivity contribution in [2.45, 2.75) is 12.3 Å². The molecular weight excluding hydrogens is 208 g/mol. The summed E-state index contributed by atoms with van der Waals surface area (Å²) >= 11 is 0. The van der Waals surface area contributed by atoms with Gasteiger partial charge in [0.1, 0.15) is 11.6 Å². The molecule has 78 valence electrons. The first-order valence-corrected chi connectivity index (χ1v) is 4.42. The van der Waals surface area contributed by atoms with Crippen LogP contribution in [0.25, 0.3) is 0 Å². The first-order valence-electron chi connectivity index (χ1n) is 4.42. The number of rotatable bonds is 1. The second-order valence-electron chi connectivity index (χ2n) is 3.39. The lowest BCUT2D eigenvalue weighted by Gasteiger charge is -2.08. The van der Waals surface area contributed by atoms with Crippen LogP contribution < -0.4 is 5.32 Å². The third kappa shape index (κ3) is 2.42. The fraction of sp³-hybridized carbons (Fsp3) is 0.400. The maximum atomic E-state index is 12.8. The van der Waals surface area contributed by atoms with Crippen LogP contribution in [0.4, 0.5) is 8.78 Å². The second-order valence-corrected chi connectivity index (χ2v) is 3.39. The van der Waals surface area contributed by atoms with Gasteiger partial charge in [-0.2, -0.15) is 0 Å². The van der Waals surface area contributed by atoms with Crippen molar-refractivity contribution in [3.05, 3.63) is 35.4 Å². The molecule has 1 unspecified atom stereocenters. The molecule has 1 nitrogen and oxygen atoms in total. The molecule has 1 N–H and O–H groups in total. The lowest BCUT2D eigenvalue weighted by Crippen LogP contribution is -2.08. The Labute approximate surface area is 87.9 Å². The first-order chi connectivity index (χ1) is 6.25. The highest BCUT2D eigenvalue weighted by atomic mass is 35.5. The van der Waals surface area contributed by atoms with Crippen molar-refractivity contribution in [1.82, 2.24) is 5.32 Å². The third-order valence-electron chi connectivity index (χ3n) is 2.42. The minimum atomic E-state index is -0.484. The van der Waals surface area contributed by atoms with Crippen molar-refractivity contribution in [3.63, 3.8) is 0 Å². The van der Waals surface area contributed by atoms with Gasteiger partial charge in [-0.15, -0.1) is 12.4 Å². The lowest BCUT2D eigenvalue weighted by molar-refractivity contribution is 0.575. The average Bonchev–Trinajstić information content (AvgIpc) is 2.53. The predicted molar refractivity (Wildman–Crippen MR) is 53.8 cm³/mol. The SMILES string of the molecule is Cl.Fc1cc(F)cc(C2CCNC2)c1. The van der Waals surface area contributed by atoms with Crippen molar-refractivity contribution < 1.29 is 8.78 Å². The molecule has 2 rings (SSSR count). The summed E-state index contributed by atoms with van der Waals surface area (Å²) in [7, 11) is 0. The standard InChI is InChI=1S/C10H11F2N.ClH/c11-9-3-8(4-10(12)5-9)7-1-2-13-6-7;/h3-5,7,13H,1-2,6H2;1H. The molecule has 0 bridgehead atoms. The van der Waals surface area contributed by atoms with E-state index in [1.165, 1.54) is 12.1 Å². The van der Waals surface area contributed by atoms with Crippen LogP contribution in [0.15, 0.2) is 18.2 Å². The maximum absolute atomic E-state index is 12.8. The van der Waals surface area contributed by atoms with E-state index >= 15 is 0 Å². The zero-order valence-corrected chi connectivity index (χ0v) is 8.41. The summed E-state index contributed by atoms with van der Waals surface area (Å²) in [5.74, 6) is -0.700. The monoisotopic (exact) mass is 219 g/mol. The zero-order chi connectivity index (χ0) is 9.26. The summed E-state index contributed by atoms with van der Waals surface area (Å²) in [4.78, 5) is 0. The zero-order valence-electron chi connectivity index (χ0n) is 7.59. The molecule has 0 aromatic heterocycles. The van der Waals surface area contributed by atoms with Crippen molar-refractivity contribution in [2.75, 3.05) is 13.1 Å². The van der Waals surface area contributed by atoms with E-state index in [4.69, 9.17) is 0 Å². The summed E-state index contributed by atoms with van der Waals surface area (Å²) in [6.07, 6.45) is 0.961. The Balaban J connectivity index is 0.000000980. The van der Waals surface area contributed by atoms with E-state index in [-0.39, 0.29) is 18.3 Å². The summed E-state index contributed by atoms with van der Waals surface area (Å²) < 4.78 is 25.6. The van der Waals surface area contributed by atoms with Gasteiger partial charge in [-0.05, 0) is 36.6 Å². The Bertz CT molecular complexity index is 291. The molecule has 0 amide bonds. The highest BCUT2D eigenvalue weighted by Gasteiger charge is 2.17. The minimum Gasteiger partial charge on any atom is -0.316 e. The fourth-order valence-corrected chi connectivity index (χ4v) is 1.75. The molecule has 1 fully saturated rings. The van der Waals surface area contributed by atoms with Gasteiger partial charge < -0.3 is 5.32 Å². The molecule has 0 saturated carbocycles. The van der Waals surface area contributed by atoms with Crippen molar-refractivity contribution in [1.29, 1.82) is 0 Å². The topological polar surface area (TPSA) is 12.0 Å². The Morgan fingerprint density at radius 3 is 2.29 bits per heavy atom. The molecule has 14 heavy (non-hydrogen) atoms. The van der Waals surface area contributed by atoms with Crippen LogP contribution in [0.1, 0.15) is 17.9 Å². The molecule has 1 aliphatic heterocycles. The van der Waals surface area contributed by atoms with Crippen molar-refractivity contribution >= 4 is 12.4 Å². The number of nitrogens with one attached hydrogen (secondary N) is 1. The number of benzene rings is 1. The van der Waals surface area contributed by atoms with Gasteiger partial charge >= 0.3 is 0 Å². The van der Waals surface area contributed by atoms with Gasteiger partial charge in [0.05, 0.1) is 0 Å². The molecule has 1 atom stereocenters. The van der Waals surface area contributed by atoms with Gasteiger partial charge in [0.25, 0.3) is 0 Å². The van der Waals surface area contributed by atoms with E-state index < -0.39 is 11.6 Å². The predicted octanol–water partition coefficient (Wildman–Crippen LogP) is 2.46. The van der Waals surface area contributed by atoms with Crippen LogP contribution in [0.2, 0.25) is 0 Å². The minimum absolute atomic E-state index is 0. The Hall–Kier alpha value is -0.670. The van der Waals surface area contributed by atoms with E-state index in [2.05, 4.69) is 5.32 Å². The first kappa shape index (κ1) is 11.4. The molecule has 0 radical (unpaired) electrons. The van der Waals surface area contributed by atoms with Crippen LogP contribution in [0, 0.1) is 11.6 Å². The largest absolute Gasteiger partial charge is 0.316 e. The molecule has 1 saturated heterocycles. The van der Waals surface area contributed by atoms with Crippen LogP contribution in [-0.4, -0.2) is 13.1 Å². The lowest BCUT2D eigenvalue weighted by atomic mass is 9.98. The second kappa shape index (κ2) is 4.71. The highest BCUT2D eigenvalue weighted by Crippen LogP contribution is 2.23. The molecule has 4 heteroatoms. The molecule has 0 spiro atoms. The summed E-state index contributed by atoms with van der Waals surface area (Å²) in [5.41, 5.74) is 0.766. The molecule has 1 heterocycles. The van der Waals surface area contributed by atoms with Gasteiger partial charge in [-0.3, -0.25) is 0 Å². The number of hydrogen-bond acceptors (Lipinski definition) is 1. The van der Waals surface area contributed by atoms with Crippen LogP contribution in [-0.2, 0) is 0 Å². The molecule has 1 aromatic rings. The van der Waals surface area contributed by atoms with Gasteiger partial charge in [-0.1, -0.05) is 0 Å². The Morgan fingerprint density at radius 2 is 1.79 bits per heavy atom. The van der Waals surface area contributed by atoms with E-state index in [1.807, 2.05) is 0 Å². The van der Waals surface area contributed by atoms with Gasteiger partial charge in [-0.25, -0.2) is 8.78 Å². The summed E-state index contributed by atoms with van der Waals surface area (Å²) in [6.45, 7) is 1.76. The van der Waals surface area contributed by atoms with E-state index in [0.29, 0.717) is 0 Å². The van der Waals surface area contributed by atoms with Crippen LogP contribution >= 0.6 is 12.4 Å². The van der Waals surface area contributed by atoms with Gasteiger partial charge in [0.2, 0.25) is 0 Å². The number of hydrogen-bond donors (Lipinski definition) is 1. The van der Waals surface area contributed by atoms with Crippen molar-refractivity contribution in [2.24, 2.45) is 0 Å². The molecular formula is C10H12ClF2N. The highest BCUT2D eigenvalue weighted by molar-refractivity contribution is 5.85. The van der Waals surface area contributed by atoms with Gasteiger partial charge in [0, 0.05) is 12.6 Å². The molecule has 0 aliphatic carbocycles. The van der Waals surface area contributed by atoms with Gasteiger partial charge in [0.15, 0.2) is 0 Å². The molecule has 1 aromatic carbocycles. The fourth-order valence-electron chi connectivity index (χ4n) is 1.75. The maximum Gasteiger partial charge on any atom is 0.126 e. The number of halogens is 3. The third-order valence-corrected chi connectivity index (χ3v) is 2.42. The normalized spacial score (nSPS) is 20.6. The smallest absolute Gasteiger partial charge is 0.126 e. The van der Waals surface area contributed by atoms with E-state index in [0.717, 1.165) is 31.1 Å². The average molecular weight is 220 g/mol. The van der Waals surface area contributed by atoms with Crippen molar-refractivity contribution in [3.8, 4) is 0 Å². The summed E-state index contributed by atoms with van der Waals surface area (Å²) in [6, 6.07) is 3.74. The molecule has 1 aliphatic rings. The Morgan fingerprint density at radius 1 is 1.14 bits per heavy atom. The summed E-state index contributed by atoms with van der Waals surface area (Å²) in [5, 5.41) is 3.16.